The standard InChI is InChI=1S/C18H26N6O/c1-5-23-15(3)17(14(2)21-23)12-22(8-9-25-4)11-16-6-7-24-18(10-16)19-13-20-24/h6-7,10,13H,5,8-9,11-12H2,1-4H3. The van der Waals surface area contributed by atoms with Crippen LogP contribution in [0.1, 0.15) is 29.4 Å². The van der Waals surface area contributed by atoms with Crippen molar-refractivity contribution >= 4 is 5.65 Å². The Bertz CT molecular complexity index is 837. The quantitative estimate of drug-likeness (QED) is 0.628. The Labute approximate surface area is 148 Å². The zero-order valence-electron chi connectivity index (χ0n) is 15.4. The van der Waals surface area contributed by atoms with Crippen LogP contribution in [0.3, 0.4) is 0 Å². The van der Waals surface area contributed by atoms with Crippen LogP contribution in [0.2, 0.25) is 0 Å². The van der Waals surface area contributed by atoms with Gasteiger partial charge in [-0.3, -0.25) is 9.58 Å². The van der Waals surface area contributed by atoms with E-state index in [9.17, 15) is 0 Å². The van der Waals surface area contributed by atoms with Gasteiger partial charge in [0.15, 0.2) is 5.65 Å². The van der Waals surface area contributed by atoms with Crippen molar-refractivity contribution in [3.63, 3.8) is 0 Å². The molecule has 3 rings (SSSR count). The second-order valence-electron chi connectivity index (χ2n) is 6.27. The smallest absolute Gasteiger partial charge is 0.155 e. The van der Waals surface area contributed by atoms with Crippen molar-refractivity contribution in [2.75, 3.05) is 20.3 Å². The summed E-state index contributed by atoms with van der Waals surface area (Å²) in [6.45, 7) is 10.5. The Balaban J connectivity index is 1.80. The highest BCUT2D eigenvalue weighted by atomic mass is 16.5. The van der Waals surface area contributed by atoms with E-state index in [1.807, 2.05) is 6.20 Å². The highest BCUT2D eigenvalue weighted by molar-refractivity contribution is 5.39. The predicted molar refractivity (Wildman–Crippen MR) is 96.4 cm³/mol. The molecule has 0 amide bonds. The van der Waals surface area contributed by atoms with E-state index in [4.69, 9.17) is 4.74 Å². The van der Waals surface area contributed by atoms with Gasteiger partial charge >= 0.3 is 0 Å². The molecule has 0 radical (unpaired) electrons. The third-order valence-corrected chi connectivity index (χ3v) is 4.58. The van der Waals surface area contributed by atoms with Crippen LogP contribution in [0.25, 0.3) is 5.65 Å². The molecule has 0 bridgehead atoms. The van der Waals surface area contributed by atoms with Gasteiger partial charge in [0.2, 0.25) is 0 Å². The third kappa shape index (κ3) is 3.88. The van der Waals surface area contributed by atoms with E-state index in [1.165, 1.54) is 16.8 Å². The van der Waals surface area contributed by atoms with Gasteiger partial charge in [-0.05, 0) is 38.5 Å². The number of rotatable bonds is 8. The lowest BCUT2D eigenvalue weighted by Gasteiger charge is -2.22. The minimum absolute atomic E-state index is 0.702. The molecule has 0 atom stereocenters. The lowest BCUT2D eigenvalue weighted by molar-refractivity contribution is 0.140. The zero-order valence-corrected chi connectivity index (χ0v) is 15.4. The van der Waals surface area contributed by atoms with Gasteiger partial charge in [-0.15, -0.1) is 0 Å². The summed E-state index contributed by atoms with van der Waals surface area (Å²) < 4.78 is 9.15. The fourth-order valence-corrected chi connectivity index (χ4v) is 3.14. The summed E-state index contributed by atoms with van der Waals surface area (Å²) in [7, 11) is 1.74. The highest BCUT2D eigenvalue weighted by Crippen LogP contribution is 2.17. The van der Waals surface area contributed by atoms with Crippen molar-refractivity contribution in [3.05, 3.63) is 47.2 Å². The number of pyridine rings is 1. The van der Waals surface area contributed by atoms with Gasteiger partial charge in [0.05, 0.1) is 12.3 Å². The molecule has 0 saturated heterocycles. The minimum Gasteiger partial charge on any atom is -0.383 e. The number of hydrogen-bond acceptors (Lipinski definition) is 5. The maximum atomic E-state index is 5.30. The summed E-state index contributed by atoms with van der Waals surface area (Å²) in [4.78, 5) is 6.66. The lowest BCUT2D eigenvalue weighted by atomic mass is 10.1. The van der Waals surface area contributed by atoms with Crippen molar-refractivity contribution in [1.29, 1.82) is 0 Å². The largest absolute Gasteiger partial charge is 0.383 e. The number of fused-ring (bicyclic) bond motifs is 1. The van der Waals surface area contributed by atoms with Gasteiger partial charge in [0.1, 0.15) is 6.33 Å². The Kier molecular flexibility index (Phi) is 5.45. The first-order valence-electron chi connectivity index (χ1n) is 8.64. The highest BCUT2D eigenvalue weighted by Gasteiger charge is 2.15. The molecule has 3 heterocycles. The minimum atomic E-state index is 0.702. The molecule has 3 aromatic heterocycles. The van der Waals surface area contributed by atoms with E-state index in [0.717, 1.165) is 37.5 Å². The van der Waals surface area contributed by atoms with Crippen LogP contribution >= 0.6 is 0 Å². The van der Waals surface area contributed by atoms with Crippen molar-refractivity contribution in [2.45, 2.75) is 40.4 Å². The van der Waals surface area contributed by atoms with E-state index in [1.54, 1.807) is 18.0 Å². The predicted octanol–water partition coefficient (Wildman–Crippen LogP) is 2.21. The molecule has 25 heavy (non-hydrogen) atoms. The second-order valence-corrected chi connectivity index (χ2v) is 6.27. The summed E-state index contributed by atoms with van der Waals surface area (Å²) in [5, 5.41) is 8.79. The topological polar surface area (TPSA) is 60.5 Å². The number of ether oxygens (including phenoxy) is 1. The monoisotopic (exact) mass is 342 g/mol. The van der Waals surface area contributed by atoms with Crippen LogP contribution in [-0.4, -0.2) is 49.5 Å². The lowest BCUT2D eigenvalue weighted by Crippen LogP contribution is -2.27. The Morgan fingerprint density at radius 2 is 2.08 bits per heavy atom. The fraction of sp³-hybridized carbons (Fsp3) is 0.500. The molecule has 0 spiro atoms. The maximum absolute atomic E-state index is 5.30. The third-order valence-electron chi connectivity index (χ3n) is 4.58. The van der Waals surface area contributed by atoms with Gasteiger partial charge in [0, 0.05) is 50.7 Å². The average Bonchev–Trinajstić information content (AvgIpc) is 3.18. The Hall–Kier alpha value is -2.25. The molecule has 0 aliphatic heterocycles. The SMILES string of the molecule is CCn1nc(C)c(CN(CCOC)Cc2ccn3ncnc3c2)c1C. The van der Waals surface area contributed by atoms with E-state index >= 15 is 0 Å². The van der Waals surface area contributed by atoms with E-state index < -0.39 is 0 Å². The van der Waals surface area contributed by atoms with Gasteiger partial charge in [-0.1, -0.05) is 0 Å². The van der Waals surface area contributed by atoms with Crippen LogP contribution in [-0.2, 0) is 24.4 Å². The number of hydrogen-bond donors (Lipinski definition) is 0. The number of methoxy groups -OCH3 is 1. The number of nitrogens with zero attached hydrogens (tertiary/aromatic N) is 6. The molecule has 0 N–H and O–H groups in total. The molecule has 0 aliphatic rings. The van der Waals surface area contributed by atoms with Crippen molar-refractivity contribution in [2.24, 2.45) is 0 Å². The molecule has 3 aromatic rings. The number of aryl methyl sites for hydroxylation is 2. The van der Waals surface area contributed by atoms with Crippen LogP contribution in [0, 0.1) is 13.8 Å². The Morgan fingerprint density at radius 3 is 2.80 bits per heavy atom. The van der Waals surface area contributed by atoms with Crippen LogP contribution in [0.15, 0.2) is 24.7 Å². The second kappa shape index (κ2) is 7.76. The van der Waals surface area contributed by atoms with Gasteiger partial charge < -0.3 is 4.74 Å². The summed E-state index contributed by atoms with van der Waals surface area (Å²) in [5.74, 6) is 0. The molecule has 0 fully saturated rings. The average molecular weight is 342 g/mol. The maximum Gasteiger partial charge on any atom is 0.155 e. The fourth-order valence-electron chi connectivity index (χ4n) is 3.14. The molecular formula is C18H26N6O. The molecular weight excluding hydrogens is 316 g/mol. The van der Waals surface area contributed by atoms with Crippen molar-refractivity contribution in [1.82, 2.24) is 29.3 Å². The molecule has 0 saturated carbocycles. The van der Waals surface area contributed by atoms with Crippen LogP contribution in [0.5, 0.6) is 0 Å². The molecule has 0 aromatic carbocycles. The van der Waals surface area contributed by atoms with Gasteiger partial charge in [0.25, 0.3) is 0 Å². The van der Waals surface area contributed by atoms with Crippen LogP contribution < -0.4 is 0 Å². The van der Waals surface area contributed by atoms with E-state index in [-0.39, 0.29) is 0 Å². The van der Waals surface area contributed by atoms with Gasteiger partial charge in [-0.25, -0.2) is 9.50 Å². The van der Waals surface area contributed by atoms with E-state index in [2.05, 4.69) is 57.7 Å². The molecule has 134 valence electrons. The van der Waals surface area contributed by atoms with Crippen LogP contribution in [0.4, 0.5) is 0 Å². The van der Waals surface area contributed by atoms with Gasteiger partial charge in [-0.2, -0.15) is 10.2 Å². The summed E-state index contributed by atoms with van der Waals surface area (Å²) in [6.07, 6.45) is 3.53. The summed E-state index contributed by atoms with van der Waals surface area (Å²) >= 11 is 0. The molecule has 0 aliphatic carbocycles. The first-order chi connectivity index (χ1) is 12.1. The van der Waals surface area contributed by atoms with Crippen molar-refractivity contribution < 1.29 is 4.74 Å². The first-order valence-corrected chi connectivity index (χ1v) is 8.64. The summed E-state index contributed by atoms with van der Waals surface area (Å²) in [5.41, 5.74) is 5.75. The first kappa shape index (κ1) is 17.6. The Morgan fingerprint density at radius 1 is 1.24 bits per heavy atom. The summed E-state index contributed by atoms with van der Waals surface area (Å²) in [6, 6.07) is 4.18. The molecule has 7 nitrogen and oxygen atoms in total. The molecule has 7 heteroatoms. The normalized spacial score (nSPS) is 11.7. The molecule has 0 unspecified atom stereocenters. The number of aromatic nitrogens is 5. The van der Waals surface area contributed by atoms with Crippen molar-refractivity contribution in [3.8, 4) is 0 Å². The zero-order chi connectivity index (χ0) is 17.8. The van der Waals surface area contributed by atoms with E-state index in [0.29, 0.717) is 6.61 Å².